The first-order valence-corrected chi connectivity index (χ1v) is 6.22. The van der Waals surface area contributed by atoms with E-state index in [4.69, 9.17) is 5.73 Å². The number of rotatable bonds is 3. The number of phenols is 1. The van der Waals surface area contributed by atoms with Gasteiger partial charge in [-0.2, -0.15) is 0 Å². The highest BCUT2D eigenvalue weighted by Gasteiger charge is 2.14. The normalized spacial score (nSPS) is 10.7. The molecule has 0 amide bonds. The summed E-state index contributed by atoms with van der Waals surface area (Å²) in [6.45, 7) is 4.15. The summed E-state index contributed by atoms with van der Waals surface area (Å²) in [5.41, 5.74) is 8.19. The maximum Gasteiger partial charge on any atom is 0.195 e. The molecule has 0 bridgehead atoms. The highest BCUT2D eigenvalue weighted by molar-refractivity contribution is 6.12. The minimum absolute atomic E-state index is 0.0394. The molecule has 0 saturated carbocycles. The summed E-state index contributed by atoms with van der Waals surface area (Å²) in [5, 5.41) is 9.47. The van der Waals surface area contributed by atoms with E-state index >= 15 is 0 Å². The molecule has 0 aliphatic carbocycles. The van der Waals surface area contributed by atoms with Crippen molar-refractivity contribution in [2.45, 2.75) is 19.8 Å². The van der Waals surface area contributed by atoms with Crippen molar-refractivity contribution >= 4 is 11.5 Å². The van der Waals surface area contributed by atoms with Crippen LogP contribution in [-0.2, 0) is 0 Å². The van der Waals surface area contributed by atoms with Gasteiger partial charge < -0.3 is 10.8 Å². The Bertz CT molecular complexity index is 618. The maximum atomic E-state index is 12.4. The summed E-state index contributed by atoms with van der Waals surface area (Å²) in [6.07, 6.45) is 0. The molecule has 0 unspecified atom stereocenters. The minimum Gasteiger partial charge on any atom is -0.508 e. The first-order chi connectivity index (χ1) is 8.99. The lowest BCUT2D eigenvalue weighted by Gasteiger charge is -2.09. The Morgan fingerprint density at radius 3 is 2.58 bits per heavy atom. The van der Waals surface area contributed by atoms with Gasteiger partial charge >= 0.3 is 0 Å². The first kappa shape index (κ1) is 13.1. The molecule has 0 radical (unpaired) electrons. The molecule has 3 heteroatoms. The number of hydrogen-bond donors (Lipinski definition) is 2. The van der Waals surface area contributed by atoms with E-state index in [-0.39, 0.29) is 11.5 Å². The largest absolute Gasteiger partial charge is 0.508 e. The zero-order valence-corrected chi connectivity index (χ0v) is 11.1. The quantitative estimate of drug-likeness (QED) is 0.502. The Morgan fingerprint density at radius 1 is 1.16 bits per heavy atom. The van der Waals surface area contributed by atoms with Gasteiger partial charge in [0.15, 0.2) is 5.78 Å². The number of anilines is 1. The van der Waals surface area contributed by atoms with Crippen LogP contribution < -0.4 is 5.73 Å². The number of benzene rings is 2. The van der Waals surface area contributed by atoms with Crippen LogP contribution >= 0.6 is 0 Å². The lowest BCUT2D eigenvalue weighted by atomic mass is 9.96. The second-order valence-corrected chi connectivity index (χ2v) is 4.88. The molecular formula is C16H17NO2. The average Bonchev–Trinajstić information content (AvgIpc) is 2.41. The molecule has 0 aromatic heterocycles. The number of ketones is 1. The summed E-state index contributed by atoms with van der Waals surface area (Å²) < 4.78 is 0. The fourth-order valence-corrected chi connectivity index (χ4v) is 1.94. The number of nitrogens with two attached hydrogens (primary N) is 1. The van der Waals surface area contributed by atoms with Crippen LogP contribution in [0.1, 0.15) is 41.3 Å². The van der Waals surface area contributed by atoms with E-state index in [1.165, 1.54) is 18.2 Å². The summed E-state index contributed by atoms with van der Waals surface area (Å²) in [4.78, 5) is 12.4. The molecule has 3 nitrogen and oxygen atoms in total. The summed E-state index contributed by atoms with van der Waals surface area (Å²) in [5.74, 6) is 0.225. The van der Waals surface area contributed by atoms with Gasteiger partial charge in [0, 0.05) is 16.8 Å². The monoisotopic (exact) mass is 255 g/mol. The molecular weight excluding hydrogens is 238 g/mol. The van der Waals surface area contributed by atoms with E-state index in [0.29, 0.717) is 22.7 Å². The molecule has 0 spiro atoms. The third-order valence-electron chi connectivity index (χ3n) is 3.10. The Labute approximate surface area is 112 Å². The van der Waals surface area contributed by atoms with Crippen molar-refractivity contribution in [2.75, 3.05) is 5.73 Å². The van der Waals surface area contributed by atoms with E-state index in [9.17, 15) is 9.90 Å². The Balaban J connectivity index is 2.44. The van der Waals surface area contributed by atoms with Gasteiger partial charge in [0.05, 0.1) is 0 Å². The third-order valence-corrected chi connectivity index (χ3v) is 3.10. The van der Waals surface area contributed by atoms with Gasteiger partial charge in [-0.25, -0.2) is 0 Å². The molecule has 0 aliphatic heterocycles. The average molecular weight is 255 g/mol. The molecule has 0 fully saturated rings. The van der Waals surface area contributed by atoms with E-state index in [0.717, 1.165) is 5.56 Å². The van der Waals surface area contributed by atoms with Crippen molar-refractivity contribution in [3.63, 3.8) is 0 Å². The van der Waals surface area contributed by atoms with Crippen LogP contribution in [0.25, 0.3) is 0 Å². The zero-order chi connectivity index (χ0) is 14.0. The Morgan fingerprint density at radius 2 is 1.89 bits per heavy atom. The van der Waals surface area contributed by atoms with Crippen LogP contribution in [0, 0.1) is 0 Å². The molecule has 0 saturated heterocycles. The third kappa shape index (κ3) is 2.76. The summed E-state index contributed by atoms with van der Waals surface area (Å²) in [6, 6.07) is 11.9. The zero-order valence-electron chi connectivity index (χ0n) is 11.1. The fraction of sp³-hybridized carbons (Fsp3) is 0.188. The van der Waals surface area contributed by atoms with Crippen LogP contribution in [0.15, 0.2) is 42.5 Å². The molecule has 2 aromatic rings. The summed E-state index contributed by atoms with van der Waals surface area (Å²) in [7, 11) is 0. The van der Waals surface area contributed by atoms with Crippen LogP contribution in [0.4, 0.5) is 5.69 Å². The Kier molecular flexibility index (Phi) is 3.56. The standard InChI is InChI=1S/C16H17NO2/c1-10(2)11-4-3-5-12(8-11)16(19)14-9-13(18)6-7-15(14)17/h3-10,18H,17H2,1-2H3. The van der Waals surface area contributed by atoms with Crippen LogP contribution in [0.3, 0.4) is 0 Å². The van der Waals surface area contributed by atoms with E-state index in [2.05, 4.69) is 13.8 Å². The van der Waals surface area contributed by atoms with Gasteiger partial charge in [-0.15, -0.1) is 0 Å². The number of nitrogen functional groups attached to an aromatic ring is 1. The van der Waals surface area contributed by atoms with E-state index in [1.807, 2.05) is 18.2 Å². The second-order valence-electron chi connectivity index (χ2n) is 4.88. The van der Waals surface area contributed by atoms with Crippen LogP contribution in [-0.4, -0.2) is 10.9 Å². The first-order valence-electron chi connectivity index (χ1n) is 6.22. The van der Waals surface area contributed by atoms with Crippen molar-refractivity contribution < 1.29 is 9.90 Å². The molecule has 2 aromatic carbocycles. The van der Waals surface area contributed by atoms with Crippen molar-refractivity contribution in [3.05, 3.63) is 59.2 Å². The predicted octanol–water partition coefficient (Wildman–Crippen LogP) is 3.33. The molecule has 2 rings (SSSR count). The molecule has 0 heterocycles. The smallest absolute Gasteiger partial charge is 0.195 e. The maximum absolute atomic E-state index is 12.4. The highest BCUT2D eigenvalue weighted by atomic mass is 16.3. The molecule has 3 N–H and O–H groups in total. The van der Waals surface area contributed by atoms with Gasteiger partial charge in [-0.05, 0) is 35.7 Å². The number of aromatic hydroxyl groups is 1. The van der Waals surface area contributed by atoms with Crippen LogP contribution in [0.5, 0.6) is 5.75 Å². The predicted molar refractivity (Wildman–Crippen MR) is 76.5 cm³/mol. The number of hydrogen-bond acceptors (Lipinski definition) is 3. The van der Waals surface area contributed by atoms with Crippen molar-refractivity contribution in [1.29, 1.82) is 0 Å². The SMILES string of the molecule is CC(C)c1cccc(C(=O)c2cc(O)ccc2N)c1. The van der Waals surface area contributed by atoms with E-state index < -0.39 is 0 Å². The number of carbonyl (C=O) groups is 1. The Hall–Kier alpha value is -2.29. The molecule has 98 valence electrons. The number of carbonyl (C=O) groups excluding carboxylic acids is 1. The molecule has 0 aliphatic rings. The lowest BCUT2D eigenvalue weighted by molar-refractivity contribution is 0.103. The van der Waals surface area contributed by atoms with Crippen LogP contribution in [0.2, 0.25) is 0 Å². The van der Waals surface area contributed by atoms with Gasteiger partial charge in [-0.3, -0.25) is 4.79 Å². The topological polar surface area (TPSA) is 63.3 Å². The highest BCUT2D eigenvalue weighted by Crippen LogP contribution is 2.23. The fourth-order valence-electron chi connectivity index (χ4n) is 1.94. The number of phenolic OH excluding ortho intramolecular Hbond substituents is 1. The van der Waals surface area contributed by atoms with Gasteiger partial charge in [0.2, 0.25) is 0 Å². The van der Waals surface area contributed by atoms with Crippen molar-refractivity contribution in [2.24, 2.45) is 0 Å². The van der Waals surface area contributed by atoms with Gasteiger partial charge in [0.25, 0.3) is 0 Å². The second kappa shape index (κ2) is 5.14. The van der Waals surface area contributed by atoms with Gasteiger partial charge in [0.1, 0.15) is 5.75 Å². The molecule has 0 atom stereocenters. The minimum atomic E-state index is -0.170. The van der Waals surface area contributed by atoms with Gasteiger partial charge in [-0.1, -0.05) is 32.0 Å². The van der Waals surface area contributed by atoms with Crippen molar-refractivity contribution in [1.82, 2.24) is 0 Å². The van der Waals surface area contributed by atoms with Crippen molar-refractivity contribution in [3.8, 4) is 5.75 Å². The summed E-state index contributed by atoms with van der Waals surface area (Å²) >= 11 is 0. The molecule has 19 heavy (non-hydrogen) atoms. The van der Waals surface area contributed by atoms with E-state index in [1.54, 1.807) is 6.07 Å². The lowest BCUT2D eigenvalue weighted by Crippen LogP contribution is -2.06.